The molecule has 0 aliphatic carbocycles. The van der Waals surface area contributed by atoms with Crippen LogP contribution >= 0.6 is 0 Å². The van der Waals surface area contributed by atoms with Gasteiger partial charge in [-0.15, -0.1) is 0 Å². The molecule has 0 aliphatic rings. The summed E-state index contributed by atoms with van der Waals surface area (Å²) in [7, 11) is -1.28. The van der Waals surface area contributed by atoms with E-state index in [0.29, 0.717) is 0 Å². The standard InChI is InChI=1S/C7H3F14N/c1-22(2(8,4(10,11)12)5(13,14)15)3(9,6(16,17)18)7(19,20)21/h1H3. The van der Waals surface area contributed by atoms with E-state index in [4.69, 9.17) is 0 Å². The number of nitrogens with zero attached hydrogens (tertiary/aromatic N) is 1. The van der Waals surface area contributed by atoms with Gasteiger partial charge in [0.1, 0.15) is 0 Å². The van der Waals surface area contributed by atoms with E-state index in [1.54, 1.807) is 0 Å². The second kappa shape index (κ2) is 4.99. The highest BCUT2D eigenvalue weighted by Crippen LogP contribution is 2.56. The molecule has 0 bridgehead atoms. The number of hydrogen-bond donors (Lipinski definition) is 0. The van der Waals surface area contributed by atoms with Crippen LogP contribution in [0, 0.1) is 0 Å². The first-order valence-electron chi connectivity index (χ1n) is 4.54. The Morgan fingerprint density at radius 2 is 0.545 bits per heavy atom. The minimum absolute atomic E-state index is 1.28. The Labute approximate surface area is 111 Å². The minimum atomic E-state index is -7.35. The molecule has 15 heteroatoms. The third kappa shape index (κ3) is 2.78. The van der Waals surface area contributed by atoms with E-state index in [2.05, 4.69) is 0 Å². The fraction of sp³-hybridized carbons (Fsp3) is 1.00. The smallest absolute Gasteiger partial charge is 0.210 e. The SMILES string of the molecule is CN(C(F)(C(F)(F)F)C(F)(F)F)C(F)(C(F)(F)F)C(F)(F)F. The summed E-state index contributed by atoms with van der Waals surface area (Å²) in [6.07, 6.45) is -29.4. The van der Waals surface area contributed by atoms with Crippen molar-refractivity contribution in [2.24, 2.45) is 0 Å². The molecule has 1 nitrogen and oxygen atoms in total. The maximum atomic E-state index is 13.2. The molecule has 0 radical (unpaired) electrons. The minimum Gasteiger partial charge on any atom is -0.210 e. The van der Waals surface area contributed by atoms with E-state index in [0.717, 1.165) is 0 Å². The van der Waals surface area contributed by atoms with Gasteiger partial charge in [0.15, 0.2) is 0 Å². The van der Waals surface area contributed by atoms with Crippen molar-refractivity contribution < 1.29 is 61.5 Å². The van der Waals surface area contributed by atoms with Crippen LogP contribution in [0.5, 0.6) is 0 Å². The summed E-state index contributed by atoms with van der Waals surface area (Å²) in [5.74, 6) is -14.5. The average molecular weight is 367 g/mol. The Morgan fingerprint density at radius 1 is 0.409 bits per heavy atom. The fourth-order valence-corrected chi connectivity index (χ4v) is 1.29. The Balaban J connectivity index is 6.54. The number of halogens is 14. The van der Waals surface area contributed by atoms with Crippen molar-refractivity contribution in [1.29, 1.82) is 0 Å². The van der Waals surface area contributed by atoms with Crippen molar-refractivity contribution in [3.63, 3.8) is 0 Å². The third-order valence-electron chi connectivity index (χ3n) is 2.43. The molecule has 0 aliphatic heterocycles. The van der Waals surface area contributed by atoms with E-state index in [9.17, 15) is 61.5 Å². The normalized spacial score (nSPS) is 16.4. The monoisotopic (exact) mass is 367 g/mol. The summed E-state index contributed by atoms with van der Waals surface area (Å²) >= 11 is 0. The fourth-order valence-electron chi connectivity index (χ4n) is 1.29. The van der Waals surface area contributed by atoms with E-state index in [1.807, 2.05) is 0 Å². The highest BCUT2D eigenvalue weighted by Gasteiger charge is 2.86. The van der Waals surface area contributed by atoms with Gasteiger partial charge in [0.25, 0.3) is 0 Å². The van der Waals surface area contributed by atoms with E-state index >= 15 is 0 Å². The van der Waals surface area contributed by atoms with Crippen LogP contribution in [0.2, 0.25) is 0 Å². The predicted molar refractivity (Wildman–Crippen MR) is 39.7 cm³/mol. The Hall–Kier alpha value is -1.02. The van der Waals surface area contributed by atoms with Crippen LogP contribution in [0.3, 0.4) is 0 Å². The van der Waals surface area contributed by atoms with Crippen molar-refractivity contribution in [2.75, 3.05) is 7.05 Å². The third-order valence-corrected chi connectivity index (χ3v) is 2.43. The Bertz CT molecular complexity index is 329. The van der Waals surface area contributed by atoms with E-state index < -0.39 is 48.2 Å². The molecule has 0 aromatic rings. The molecule has 0 amide bonds. The average Bonchev–Trinajstić information content (AvgIpc) is 2.19. The maximum absolute atomic E-state index is 13.2. The summed E-state index contributed by atoms with van der Waals surface area (Å²) in [5.41, 5.74) is 0. The van der Waals surface area contributed by atoms with E-state index in [1.165, 1.54) is 0 Å². The zero-order valence-corrected chi connectivity index (χ0v) is 9.74. The van der Waals surface area contributed by atoms with Crippen LogP contribution in [-0.4, -0.2) is 48.2 Å². The van der Waals surface area contributed by atoms with Crippen LogP contribution in [0.4, 0.5) is 61.5 Å². The van der Waals surface area contributed by atoms with Gasteiger partial charge < -0.3 is 0 Å². The topological polar surface area (TPSA) is 3.24 Å². The lowest BCUT2D eigenvalue weighted by atomic mass is 10.1. The van der Waals surface area contributed by atoms with Crippen LogP contribution in [0.1, 0.15) is 0 Å². The van der Waals surface area contributed by atoms with Gasteiger partial charge in [-0.25, -0.2) is 13.7 Å². The zero-order valence-electron chi connectivity index (χ0n) is 9.74. The molecule has 22 heavy (non-hydrogen) atoms. The molecule has 0 saturated heterocycles. The molecule has 0 rings (SSSR count). The van der Waals surface area contributed by atoms with Gasteiger partial charge in [-0.3, -0.25) is 0 Å². The number of alkyl halides is 14. The van der Waals surface area contributed by atoms with Gasteiger partial charge in [0, 0.05) is 0 Å². The first-order valence-corrected chi connectivity index (χ1v) is 4.54. The second-order valence-corrected chi connectivity index (χ2v) is 3.79. The van der Waals surface area contributed by atoms with Gasteiger partial charge in [-0.05, 0) is 7.05 Å². The molecular formula is C7H3F14N. The van der Waals surface area contributed by atoms with Gasteiger partial charge in [0.2, 0.25) is 0 Å². The molecule has 0 fully saturated rings. The second-order valence-electron chi connectivity index (χ2n) is 3.79. The van der Waals surface area contributed by atoms with Crippen LogP contribution in [0.15, 0.2) is 0 Å². The maximum Gasteiger partial charge on any atom is 0.446 e. The molecule has 0 aromatic heterocycles. The zero-order chi connectivity index (χ0) is 18.6. The van der Waals surface area contributed by atoms with Crippen LogP contribution in [-0.2, 0) is 0 Å². The van der Waals surface area contributed by atoms with Crippen molar-refractivity contribution in [1.82, 2.24) is 4.90 Å². The summed E-state index contributed by atoms with van der Waals surface area (Å²) in [6.45, 7) is 0. The highest BCUT2D eigenvalue weighted by molar-refractivity contribution is 5.03. The number of hydrogen-bond acceptors (Lipinski definition) is 1. The van der Waals surface area contributed by atoms with Gasteiger partial charge >= 0.3 is 36.3 Å². The molecule has 0 atom stereocenters. The van der Waals surface area contributed by atoms with Crippen molar-refractivity contribution in [2.45, 2.75) is 36.3 Å². The Kier molecular flexibility index (Phi) is 4.76. The summed E-state index contributed by atoms with van der Waals surface area (Å²) in [6, 6.07) is 0. The predicted octanol–water partition coefficient (Wildman–Crippen LogP) is 4.50. The first-order chi connectivity index (χ1) is 9.15. The quantitative estimate of drug-likeness (QED) is 0.513. The molecule has 0 N–H and O–H groups in total. The lowest BCUT2D eigenvalue weighted by molar-refractivity contribution is -0.462. The molecular weight excluding hydrogens is 364 g/mol. The van der Waals surface area contributed by atoms with Crippen LogP contribution in [0.25, 0.3) is 0 Å². The number of rotatable bonds is 2. The first kappa shape index (κ1) is 21.0. The van der Waals surface area contributed by atoms with Crippen molar-refractivity contribution in [3.8, 4) is 0 Å². The lowest BCUT2D eigenvalue weighted by Crippen LogP contribution is -2.75. The molecule has 0 spiro atoms. The van der Waals surface area contributed by atoms with Gasteiger partial charge in [-0.2, -0.15) is 52.7 Å². The summed E-state index contributed by atoms with van der Waals surface area (Å²) in [4.78, 5) is -3.12. The lowest BCUT2D eigenvalue weighted by Gasteiger charge is -2.45. The summed E-state index contributed by atoms with van der Waals surface area (Å²) in [5, 5.41) is 0. The van der Waals surface area contributed by atoms with Gasteiger partial charge in [-0.1, -0.05) is 0 Å². The highest BCUT2D eigenvalue weighted by atomic mass is 19.4. The largest absolute Gasteiger partial charge is 0.446 e. The molecule has 0 aromatic carbocycles. The summed E-state index contributed by atoms with van der Waals surface area (Å²) < 4.78 is 172. The van der Waals surface area contributed by atoms with Crippen LogP contribution < -0.4 is 0 Å². The van der Waals surface area contributed by atoms with Crippen molar-refractivity contribution >= 4 is 0 Å². The molecule has 134 valence electrons. The molecule has 0 saturated carbocycles. The molecule has 0 heterocycles. The van der Waals surface area contributed by atoms with Gasteiger partial charge in [0.05, 0.1) is 0 Å². The van der Waals surface area contributed by atoms with E-state index in [-0.39, 0.29) is 0 Å². The molecule has 0 unspecified atom stereocenters. The van der Waals surface area contributed by atoms with Crippen molar-refractivity contribution in [3.05, 3.63) is 0 Å². The Morgan fingerprint density at radius 3 is 0.636 bits per heavy atom.